The van der Waals surface area contributed by atoms with Gasteiger partial charge in [0.25, 0.3) is 5.56 Å². The van der Waals surface area contributed by atoms with E-state index in [1.165, 1.54) is 22.5 Å². The van der Waals surface area contributed by atoms with Gasteiger partial charge >= 0.3 is 11.7 Å². The third kappa shape index (κ3) is 3.56. The van der Waals surface area contributed by atoms with Crippen LogP contribution in [-0.2, 0) is 36.6 Å². The molecule has 0 spiro atoms. The number of carbonyl (C=O) groups is 2. The molecule has 1 aromatic carbocycles. The summed E-state index contributed by atoms with van der Waals surface area (Å²) in [6.07, 6.45) is 1.48. The van der Waals surface area contributed by atoms with Crippen LogP contribution in [0, 0.1) is 0 Å². The van der Waals surface area contributed by atoms with Crippen LogP contribution in [0.3, 0.4) is 0 Å². The molecule has 2 aromatic heterocycles. The van der Waals surface area contributed by atoms with Gasteiger partial charge in [0, 0.05) is 20.5 Å². The number of benzene rings is 1. The Morgan fingerprint density at radius 1 is 1.18 bits per heavy atom. The number of imidazole rings is 1. The summed E-state index contributed by atoms with van der Waals surface area (Å²) in [4.78, 5) is 53.0. The van der Waals surface area contributed by atoms with Crippen LogP contribution in [0.5, 0.6) is 0 Å². The smallest absolute Gasteiger partial charge is 0.332 e. The van der Waals surface area contributed by atoms with Crippen LogP contribution < -0.4 is 16.6 Å². The van der Waals surface area contributed by atoms with E-state index >= 15 is 0 Å². The Hall–Kier alpha value is -3.69. The first-order valence-corrected chi connectivity index (χ1v) is 8.46. The molecule has 0 radical (unpaired) electrons. The fourth-order valence-corrected chi connectivity index (χ4v) is 2.97. The van der Waals surface area contributed by atoms with E-state index in [-0.39, 0.29) is 17.6 Å². The molecule has 146 valence electrons. The SMILES string of the molecule is Cn1cnc2c1c(=O)n(CC(=O)N[C@H](Cc1ccccc1)C(=O)O)c(=O)n2C. The third-order valence-corrected chi connectivity index (χ3v) is 4.42. The zero-order valence-electron chi connectivity index (χ0n) is 15.3. The Morgan fingerprint density at radius 3 is 2.50 bits per heavy atom. The van der Waals surface area contributed by atoms with Crippen LogP contribution in [0.2, 0.25) is 0 Å². The van der Waals surface area contributed by atoms with Crippen molar-refractivity contribution in [2.75, 3.05) is 0 Å². The lowest BCUT2D eigenvalue weighted by Crippen LogP contribution is -2.48. The summed E-state index contributed by atoms with van der Waals surface area (Å²) in [6, 6.07) is 7.64. The highest BCUT2D eigenvalue weighted by molar-refractivity contribution is 5.83. The topological polar surface area (TPSA) is 128 Å². The van der Waals surface area contributed by atoms with Crippen molar-refractivity contribution in [2.24, 2.45) is 14.1 Å². The molecule has 10 nitrogen and oxygen atoms in total. The number of amides is 1. The van der Waals surface area contributed by atoms with Crippen LogP contribution >= 0.6 is 0 Å². The summed E-state index contributed by atoms with van der Waals surface area (Å²) in [5.41, 5.74) is -0.250. The lowest BCUT2D eigenvalue weighted by molar-refractivity contribution is -0.141. The highest BCUT2D eigenvalue weighted by atomic mass is 16.4. The number of nitrogens with zero attached hydrogens (tertiary/aromatic N) is 4. The quantitative estimate of drug-likeness (QED) is 0.574. The van der Waals surface area contributed by atoms with Crippen LogP contribution in [0.15, 0.2) is 46.2 Å². The number of hydrogen-bond acceptors (Lipinski definition) is 5. The van der Waals surface area contributed by atoms with Crippen LogP contribution in [0.1, 0.15) is 5.56 Å². The number of aryl methyl sites for hydroxylation is 2. The maximum atomic E-state index is 12.6. The van der Waals surface area contributed by atoms with Gasteiger partial charge in [-0.25, -0.2) is 19.1 Å². The molecule has 0 unspecified atom stereocenters. The molecule has 0 aliphatic rings. The number of carboxylic acid groups (broad SMARTS) is 1. The number of aromatic nitrogens is 4. The number of rotatable bonds is 6. The van der Waals surface area contributed by atoms with Gasteiger partial charge in [-0.1, -0.05) is 30.3 Å². The van der Waals surface area contributed by atoms with Crippen molar-refractivity contribution in [3.8, 4) is 0 Å². The second-order valence-corrected chi connectivity index (χ2v) is 6.41. The van der Waals surface area contributed by atoms with Gasteiger partial charge in [-0.3, -0.25) is 14.2 Å². The lowest BCUT2D eigenvalue weighted by Gasteiger charge is -2.15. The maximum absolute atomic E-state index is 12.6. The van der Waals surface area contributed by atoms with Crippen molar-refractivity contribution >= 4 is 23.0 Å². The number of aliphatic carboxylic acids is 1. The second kappa shape index (κ2) is 7.51. The monoisotopic (exact) mass is 385 g/mol. The lowest BCUT2D eigenvalue weighted by atomic mass is 10.1. The van der Waals surface area contributed by atoms with Gasteiger partial charge in [-0.15, -0.1) is 0 Å². The Labute approximate surface area is 158 Å². The molecule has 0 aliphatic heterocycles. The van der Waals surface area contributed by atoms with Gasteiger partial charge in [0.05, 0.1) is 6.33 Å². The molecular formula is C18H19N5O5. The Bertz CT molecular complexity index is 1160. The minimum Gasteiger partial charge on any atom is -0.480 e. The molecule has 1 atom stereocenters. The zero-order chi connectivity index (χ0) is 20.4. The molecule has 0 aliphatic carbocycles. The van der Waals surface area contributed by atoms with Crippen molar-refractivity contribution in [3.63, 3.8) is 0 Å². The predicted octanol–water partition coefficient (Wildman–Crippen LogP) is -0.754. The average Bonchev–Trinajstić information content (AvgIpc) is 3.05. The van der Waals surface area contributed by atoms with E-state index in [1.807, 2.05) is 0 Å². The fraction of sp³-hybridized carbons (Fsp3) is 0.278. The standard InChI is InChI=1S/C18H19N5O5/c1-21-10-19-15-14(21)16(25)23(18(28)22(15)2)9-13(24)20-12(17(26)27)8-11-6-4-3-5-7-11/h3-7,10,12H,8-9H2,1-2H3,(H,20,24)(H,26,27)/t12-/m1/s1. The minimum absolute atomic E-state index is 0.0790. The molecule has 0 saturated heterocycles. The Balaban J connectivity index is 1.86. The van der Waals surface area contributed by atoms with Gasteiger partial charge in [0.2, 0.25) is 5.91 Å². The molecule has 0 fully saturated rings. The number of hydrogen-bond donors (Lipinski definition) is 2. The molecule has 3 rings (SSSR count). The number of nitrogens with one attached hydrogen (secondary N) is 1. The van der Waals surface area contributed by atoms with Crippen LogP contribution in [-0.4, -0.2) is 41.7 Å². The van der Waals surface area contributed by atoms with E-state index in [2.05, 4.69) is 10.3 Å². The number of fused-ring (bicyclic) bond motifs is 1. The molecule has 1 amide bonds. The van der Waals surface area contributed by atoms with Crippen molar-refractivity contribution < 1.29 is 14.7 Å². The van der Waals surface area contributed by atoms with Gasteiger partial charge < -0.3 is 15.0 Å². The van der Waals surface area contributed by atoms with Crippen LogP contribution in [0.25, 0.3) is 11.2 Å². The summed E-state index contributed by atoms with van der Waals surface area (Å²) < 4.78 is 3.39. The van der Waals surface area contributed by atoms with Crippen molar-refractivity contribution in [2.45, 2.75) is 19.0 Å². The summed E-state index contributed by atoms with van der Waals surface area (Å²) in [5.74, 6) is -1.96. The van der Waals surface area contributed by atoms with E-state index in [9.17, 15) is 24.3 Å². The summed E-state index contributed by atoms with van der Waals surface area (Å²) in [6.45, 7) is -0.592. The summed E-state index contributed by atoms with van der Waals surface area (Å²) in [7, 11) is 3.05. The summed E-state index contributed by atoms with van der Waals surface area (Å²) >= 11 is 0. The Morgan fingerprint density at radius 2 is 1.86 bits per heavy atom. The van der Waals surface area contributed by atoms with E-state index in [0.717, 1.165) is 10.1 Å². The maximum Gasteiger partial charge on any atom is 0.332 e. The molecule has 2 heterocycles. The van der Waals surface area contributed by atoms with Gasteiger partial charge in [0.15, 0.2) is 11.2 Å². The second-order valence-electron chi connectivity index (χ2n) is 6.41. The predicted molar refractivity (Wildman–Crippen MR) is 99.9 cm³/mol. The zero-order valence-corrected chi connectivity index (χ0v) is 15.3. The van der Waals surface area contributed by atoms with Gasteiger partial charge in [-0.2, -0.15) is 0 Å². The van der Waals surface area contributed by atoms with E-state index in [4.69, 9.17) is 0 Å². The third-order valence-electron chi connectivity index (χ3n) is 4.42. The highest BCUT2D eigenvalue weighted by Gasteiger charge is 2.22. The van der Waals surface area contributed by atoms with Crippen molar-refractivity contribution in [1.82, 2.24) is 24.0 Å². The largest absolute Gasteiger partial charge is 0.480 e. The van der Waals surface area contributed by atoms with E-state index in [0.29, 0.717) is 0 Å². The van der Waals surface area contributed by atoms with Crippen LogP contribution in [0.4, 0.5) is 0 Å². The van der Waals surface area contributed by atoms with Gasteiger partial charge in [-0.05, 0) is 5.56 Å². The fourth-order valence-electron chi connectivity index (χ4n) is 2.97. The summed E-state index contributed by atoms with van der Waals surface area (Å²) in [5, 5.41) is 11.8. The molecule has 3 aromatic rings. The molecule has 2 N–H and O–H groups in total. The number of carboxylic acids is 1. The first-order chi connectivity index (χ1) is 13.3. The first-order valence-electron chi connectivity index (χ1n) is 8.46. The van der Waals surface area contributed by atoms with Crippen molar-refractivity contribution in [1.29, 1.82) is 0 Å². The minimum atomic E-state index is -1.21. The van der Waals surface area contributed by atoms with Gasteiger partial charge in [0.1, 0.15) is 12.6 Å². The first kappa shape index (κ1) is 19.1. The molecule has 0 saturated carbocycles. The van der Waals surface area contributed by atoms with E-state index < -0.39 is 35.7 Å². The molecule has 10 heteroatoms. The van der Waals surface area contributed by atoms with E-state index in [1.54, 1.807) is 37.4 Å². The highest BCUT2D eigenvalue weighted by Crippen LogP contribution is 2.05. The van der Waals surface area contributed by atoms with Crippen molar-refractivity contribution in [3.05, 3.63) is 63.1 Å². The Kier molecular flexibility index (Phi) is 5.12. The molecular weight excluding hydrogens is 366 g/mol. The molecule has 0 bridgehead atoms. The number of carbonyl (C=O) groups excluding carboxylic acids is 1. The molecule has 28 heavy (non-hydrogen) atoms. The normalized spacial score (nSPS) is 12.1. The average molecular weight is 385 g/mol.